The smallest absolute Gasteiger partial charge is 0.256 e. The molecule has 0 amide bonds. The Morgan fingerprint density at radius 1 is 1.16 bits per heavy atom. The van der Waals surface area contributed by atoms with Crippen LogP contribution in [0.25, 0.3) is 5.95 Å². The van der Waals surface area contributed by atoms with Crippen LogP contribution in [0.5, 0.6) is 0 Å². The summed E-state index contributed by atoms with van der Waals surface area (Å²) in [5.74, 6) is 0.902. The van der Waals surface area contributed by atoms with Gasteiger partial charge in [0.1, 0.15) is 0 Å². The van der Waals surface area contributed by atoms with E-state index >= 15 is 0 Å². The summed E-state index contributed by atoms with van der Waals surface area (Å²) in [5.41, 5.74) is 3.23. The van der Waals surface area contributed by atoms with Gasteiger partial charge in [-0.15, -0.1) is 0 Å². The summed E-state index contributed by atoms with van der Waals surface area (Å²) < 4.78 is 1.71. The highest BCUT2D eigenvalue weighted by atomic mass is 35.5. The van der Waals surface area contributed by atoms with Crippen molar-refractivity contribution >= 4 is 17.5 Å². The van der Waals surface area contributed by atoms with Crippen molar-refractivity contribution in [1.82, 2.24) is 24.7 Å². The first-order valence-electron chi connectivity index (χ1n) is 6.27. The van der Waals surface area contributed by atoms with Gasteiger partial charge in [0.05, 0.1) is 5.69 Å². The van der Waals surface area contributed by atoms with Gasteiger partial charge in [-0.05, 0) is 44.4 Å². The van der Waals surface area contributed by atoms with Crippen LogP contribution < -0.4 is 5.32 Å². The van der Waals surface area contributed by atoms with Crippen molar-refractivity contribution < 1.29 is 0 Å². The third kappa shape index (κ3) is 2.68. The van der Waals surface area contributed by atoms with Crippen molar-refractivity contribution in [2.24, 2.45) is 0 Å². The molecule has 0 fully saturated rings. The van der Waals surface area contributed by atoms with Crippen LogP contribution in [0.15, 0.2) is 0 Å². The minimum Gasteiger partial charge on any atom is -0.354 e. The molecule has 102 valence electrons. The minimum atomic E-state index is 0.159. The molecule has 2 rings (SSSR count). The lowest BCUT2D eigenvalue weighted by atomic mass is 10.1. The van der Waals surface area contributed by atoms with E-state index in [1.165, 1.54) is 5.56 Å². The van der Waals surface area contributed by atoms with Crippen molar-refractivity contribution in [1.29, 1.82) is 0 Å². The van der Waals surface area contributed by atoms with Gasteiger partial charge in [0.2, 0.25) is 11.2 Å². The monoisotopic (exact) mass is 280 g/mol. The molecule has 0 spiro atoms. The molecule has 0 saturated carbocycles. The highest BCUT2D eigenvalue weighted by Crippen LogP contribution is 2.17. The lowest BCUT2D eigenvalue weighted by Crippen LogP contribution is -2.10. The number of nitrogens with zero attached hydrogens (tertiary/aromatic N) is 5. The number of aryl methyl sites for hydroxylation is 1. The topological polar surface area (TPSA) is 68.5 Å². The predicted molar refractivity (Wildman–Crippen MR) is 75.0 cm³/mol. The zero-order valence-electron chi connectivity index (χ0n) is 11.5. The Balaban J connectivity index is 2.52. The summed E-state index contributed by atoms with van der Waals surface area (Å²) in [7, 11) is 0. The average molecular weight is 281 g/mol. The fourth-order valence-electron chi connectivity index (χ4n) is 2.05. The predicted octanol–water partition coefficient (Wildman–Crippen LogP) is 2.32. The number of aromatic nitrogens is 5. The Kier molecular flexibility index (Phi) is 3.99. The van der Waals surface area contributed by atoms with Crippen LogP contribution >= 0.6 is 11.6 Å². The molecule has 0 aromatic carbocycles. The Hall–Kier alpha value is -1.69. The van der Waals surface area contributed by atoms with E-state index in [4.69, 9.17) is 11.6 Å². The third-order valence-electron chi connectivity index (χ3n) is 2.92. The number of rotatable bonds is 4. The van der Waals surface area contributed by atoms with Crippen LogP contribution in [0, 0.1) is 13.8 Å². The number of hydrogen-bond acceptors (Lipinski definition) is 5. The molecule has 0 unspecified atom stereocenters. The quantitative estimate of drug-likeness (QED) is 0.931. The van der Waals surface area contributed by atoms with E-state index in [1.54, 1.807) is 4.68 Å². The second kappa shape index (κ2) is 5.52. The van der Waals surface area contributed by atoms with Gasteiger partial charge in [-0.3, -0.25) is 0 Å². The summed E-state index contributed by atoms with van der Waals surface area (Å²) in [6.45, 7) is 8.78. The molecular weight excluding hydrogens is 264 g/mol. The van der Waals surface area contributed by atoms with Crippen LogP contribution in [0.3, 0.4) is 0 Å². The van der Waals surface area contributed by atoms with Crippen LogP contribution in [-0.2, 0) is 6.42 Å². The molecule has 0 aliphatic carbocycles. The first-order valence-corrected chi connectivity index (χ1v) is 6.65. The van der Waals surface area contributed by atoms with Gasteiger partial charge in [-0.1, -0.05) is 6.92 Å². The molecule has 0 aliphatic rings. The van der Waals surface area contributed by atoms with Crippen molar-refractivity contribution in [3.05, 3.63) is 22.2 Å². The van der Waals surface area contributed by atoms with E-state index in [0.717, 1.165) is 24.4 Å². The molecule has 6 nitrogen and oxygen atoms in total. The molecule has 1 N–H and O–H groups in total. The molecule has 2 heterocycles. The van der Waals surface area contributed by atoms with Gasteiger partial charge in [0, 0.05) is 12.2 Å². The SMILES string of the molecule is CCNc1nc(Cl)nc(-n2nc(C)c(CC)c2C)n1. The van der Waals surface area contributed by atoms with E-state index in [-0.39, 0.29) is 5.28 Å². The van der Waals surface area contributed by atoms with E-state index in [2.05, 4.69) is 32.3 Å². The molecule has 7 heteroatoms. The maximum Gasteiger partial charge on any atom is 0.256 e. The molecular formula is C12H17ClN6. The highest BCUT2D eigenvalue weighted by molar-refractivity contribution is 6.28. The maximum absolute atomic E-state index is 5.93. The Morgan fingerprint density at radius 2 is 1.89 bits per heavy atom. The van der Waals surface area contributed by atoms with E-state index in [9.17, 15) is 0 Å². The molecule has 0 aliphatic heterocycles. The Bertz CT molecular complexity index is 592. The molecule has 0 atom stereocenters. The number of halogens is 1. The van der Waals surface area contributed by atoms with Gasteiger partial charge in [0.15, 0.2) is 0 Å². The third-order valence-corrected chi connectivity index (χ3v) is 3.08. The summed E-state index contributed by atoms with van der Waals surface area (Å²) in [6, 6.07) is 0. The maximum atomic E-state index is 5.93. The molecule has 2 aromatic heterocycles. The lowest BCUT2D eigenvalue weighted by Gasteiger charge is -2.06. The Labute approximate surface area is 117 Å². The molecule has 0 radical (unpaired) electrons. The Morgan fingerprint density at radius 3 is 2.47 bits per heavy atom. The molecule has 2 aromatic rings. The van der Waals surface area contributed by atoms with Crippen LogP contribution in [0.4, 0.5) is 5.95 Å². The summed E-state index contributed by atoms with van der Waals surface area (Å²) in [5, 5.41) is 7.66. The standard InChI is InChI=1S/C12H17ClN6/c1-5-9-7(3)18-19(8(9)4)12-16-10(13)15-11(17-12)14-6-2/h5-6H2,1-4H3,(H,14,15,16,17). The minimum absolute atomic E-state index is 0.159. The average Bonchev–Trinajstić information content (AvgIpc) is 2.64. The number of nitrogens with one attached hydrogen (secondary N) is 1. The molecule has 0 bridgehead atoms. The van der Waals surface area contributed by atoms with Crippen molar-refractivity contribution in [2.75, 3.05) is 11.9 Å². The first kappa shape index (κ1) is 13.7. The van der Waals surface area contributed by atoms with Crippen molar-refractivity contribution in [2.45, 2.75) is 34.1 Å². The van der Waals surface area contributed by atoms with E-state index in [1.807, 2.05) is 20.8 Å². The second-order valence-electron chi connectivity index (χ2n) is 4.17. The fraction of sp³-hybridized carbons (Fsp3) is 0.500. The van der Waals surface area contributed by atoms with Gasteiger partial charge in [-0.25, -0.2) is 4.68 Å². The van der Waals surface area contributed by atoms with Crippen LogP contribution in [0.2, 0.25) is 5.28 Å². The number of hydrogen-bond donors (Lipinski definition) is 1. The molecule has 19 heavy (non-hydrogen) atoms. The summed E-state index contributed by atoms with van der Waals surface area (Å²) >= 11 is 5.93. The normalized spacial score (nSPS) is 10.8. The second-order valence-corrected chi connectivity index (χ2v) is 4.51. The largest absolute Gasteiger partial charge is 0.354 e. The zero-order chi connectivity index (χ0) is 14.0. The highest BCUT2D eigenvalue weighted by Gasteiger charge is 2.14. The zero-order valence-corrected chi connectivity index (χ0v) is 12.3. The van der Waals surface area contributed by atoms with Crippen molar-refractivity contribution in [3.8, 4) is 5.95 Å². The van der Waals surface area contributed by atoms with Gasteiger partial charge in [0.25, 0.3) is 5.95 Å². The first-order chi connectivity index (χ1) is 9.06. The van der Waals surface area contributed by atoms with Gasteiger partial charge >= 0.3 is 0 Å². The van der Waals surface area contributed by atoms with E-state index in [0.29, 0.717) is 11.9 Å². The van der Waals surface area contributed by atoms with Crippen LogP contribution in [-0.4, -0.2) is 31.3 Å². The number of anilines is 1. The summed E-state index contributed by atoms with van der Waals surface area (Å²) in [6.07, 6.45) is 0.927. The summed E-state index contributed by atoms with van der Waals surface area (Å²) in [4.78, 5) is 12.5. The van der Waals surface area contributed by atoms with Crippen molar-refractivity contribution in [3.63, 3.8) is 0 Å². The van der Waals surface area contributed by atoms with Gasteiger partial charge in [-0.2, -0.15) is 20.1 Å². The molecule has 0 saturated heterocycles. The van der Waals surface area contributed by atoms with Gasteiger partial charge < -0.3 is 5.32 Å². The van der Waals surface area contributed by atoms with E-state index < -0.39 is 0 Å². The lowest BCUT2D eigenvalue weighted by molar-refractivity contribution is 0.764. The fourth-order valence-corrected chi connectivity index (χ4v) is 2.21. The van der Waals surface area contributed by atoms with Crippen LogP contribution in [0.1, 0.15) is 30.8 Å².